The first-order chi connectivity index (χ1) is 13.5. The third kappa shape index (κ3) is 2.96. The third-order valence-electron chi connectivity index (χ3n) is 4.98. The molecule has 0 saturated heterocycles. The molecule has 0 aliphatic carbocycles. The van der Waals surface area contributed by atoms with Gasteiger partial charge in [-0.2, -0.15) is 0 Å². The van der Waals surface area contributed by atoms with E-state index in [1.54, 1.807) is 6.07 Å². The maximum atomic E-state index is 13.8. The van der Waals surface area contributed by atoms with Gasteiger partial charge in [-0.25, -0.2) is 12.8 Å². The van der Waals surface area contributed by atoms with E-state index in [0.29, 0.717) is 18.0 Å². The lowest BCUT2D eigenvalue weighted by atomic mass is 9.92. The summed E-state index contributed by atoms with van der Waals surface area (Å²) in [7, 11) is -3.30. The second kappa shape index (κ2) is 6.21. The van der Waals surface area contributed by atoms with Crippen molar-refractivity contribution in [3.05, 3.63) is 94.3 Å². The van der Waals surface area contributed by atoms with Crippen LogP contribution in [0, 0.1) is 5.82 Å². The lowest BCUT2D eigenvalue weighted by molar-refractivity contribution is 0.305. The summed E-state index contributed by atoms with van der Waals surface area (Å²) in [6.07, 6.45) is 1.98. The van der Waals surface area contributed by atoms with Gasteiger partial charge in [-0.05, 0) is 52.1 Å². The van der Waals surface area contributed by atoms with Crippen LogP contribution in [0.4, 0.5) is 10.1 Å². The van der Waals surface area contributed by atoms with Gasteiger partial charge >= 0.3 is 0 Å². The zero-order valence-electron chi connectivity index (χ0n) is 14.8. The van der Waals surface area contributed by atoms with E-state index >= 15 is 0 Å². The van der Waals surface area contributed by atoms with Crippen molar-refractivity contribution >= 4 is 27.4 Å². The molecular weight excluding hydrogens is 377 g/mol. The highest BCUT2D eigenvalue weighted by molar-refractivity contribution is 7.92. The van der Waals surface area contributed by atoms with Crippen LogP contribution < -0.4 is 9.46 Å². The maximum Gasteiger partial charge on any atom is 0.237 e. The second-order valence-electron chi connectivity index (χ2n) is 6.92. The van der Waals surface area contributed by atoms with Crippen molar-refractivity contribution < 1.29 is 17.5 Å². The lowest BCUT2D eigenvalue weighted by Crippen LogP contribution is -2.05. The average molecular weight is 393 g/mol. The van der Waals surface area contributed by atoms with Crippen molar-refractivity contribution in [3.8, 4) is 5.75 Å². The van der Waals surface area contributed by atoms with Gasteiger partial charge in [0.05, 0.1) is 11.4 Å². The molecule has 3 aromatic carbocycles. The Hall–Kier alpha value is -3.12. The average Bonchev–Trinajstić information content (AvgIpc) is 2.89. The van der Waals surface area contributed by atoms with E-state index in [4.69, 9.17) is 4.74 Å². The fraction of sp³-hybridized carbons (Fsp3) is 0.0909. The number of hydrogen-bond donors (Lipinski definition) is 1. The van der Waals surface area contributed by atoms with Gasteiger partial charge in [0, 0.05) is 11.6 Å². The molecule has 0 bridgehead atoms. The van der Waals surface area contributed by atoms with Crippen molar-refractivity contribution in [2.45, 2.75) is 12.4 Å². The summed E-state index contributed by atoms with van der Waals surface area (Å²) in [5.41, 5.74) is 5.93. The summed E-state index contributed by atoms with van der Waals surface area (Å²) in [6.45, 7) is 0.355. The molecule has 0 fully saturated rings. The van der Waals surface area contributed by atoms with E-state index in [1.807, 2.05) is 48.5 Å². The van der Waals surface area contributed by atoms with Crippen molar-refractivity contribution in [1.29, 1.82) is 0 Å². The van der Waals surface area contributed by atoms with Crippen molar-refractivity contribution in [3.63, 3.8) is 0 Å². The predicted octanol–water partition coefficient (Wildman–Crippen LogP) is 4.56. The number of sulfonamides is 1. The molecule has 0 saturated carbocycles. The smallest absolute Gasteiger partial charge is 0.237 e. The standard InChI is InChI=1S/C22H16FNO3S/c23-17-7-8-19-20(18-4-2-1-3-15(18)12-27-22(19)11-17)9-14-5-6-16-13-28(25,26)24-21(16)10-14/h1-11,24H,12-13H2/b20-9+. The van der Waals surface area contributed by atoms with Gasteiger partial charge in [0.15, 0.2) is 0 Å². The normalized spacial score (nSPS) is 17.7. The number of benzene rings is 3. The molecule has 6 heteroatoms. The van der Waals surface area contributed by atoms with Gasteiger partial charge in [-0.1, -0.05) is 36.4 Å². The highest BCUT2D eigenvalue weighted by Crippen LogP contribution is 2.39. The van der Waals surface area contributed by atoms with Crippen LogP contribution in [0.3, 0.4) is 0 Å². The Morgan fingerprint density at radius 2 is 1.82 bits per heavy atom. The zero-order chi connectivity index (χ0) is 19.3. The fourth-order valence-corrected chi connectivity index (χ4v) is 4.94. The largest absolute Gasteiger partial charge is 0.488 e. The molecule has 0 radical (unpaired) electrons. The Bertz CT molecular complexity index is 1250. The number of rotatable bonds is 1. The number of anilines is 1. The van der Waals surface area contributed by atoms with Gasteiger partial charge in [0.2, 0.25) is 10.0 Å². The molecule has 0 spiro atoms. The Morgan fingerprint density at radius 3 is 2.71 bits per heavy atom. The fourth-order valence-electron chi connectivity index (χ4n) is 3.68. The molecule has 4 nitrogen and oxygen atoms in total. The molecule has 3 aromatic rings. The predicted molar refractivity (Wildman–Crippen MR) is 107 cm³/mol. The van der Waals surface area contributed by atoms with Crippen molar-refractivity contribution in [2.24, 2.45) is 0 Å². The monoisotopic (exact) mass is 393 g/mol. The number of hydrogen-bond acceptors (Lipinski definition) is 3. The number of fused-ring (bicyclic) bond motifs is 3. The topological polar surface area (TPSA) is 55.4 Å². The van der Waals surface area contributed by atoms with E-state index in [1.165, 1.54) is 12.1 Å². The second-order valence-corrected chi connectivity index (χ2v) is 8.64. The van der Waals surface area contributed by atoms with Crippen LogP contribution in [-0.2, 0) is 22.4 Å². The summed E-state index contributed by atoms with van der Waals surface area (Å²) in [4.78, 5) is 0. The Kier molecular flexibility index (Phi) is 3.77. The summed E-state index contributed by atoms with van der Waals surface area (Å²) >= 11 is 0. The number of nitrogens with one attached hydrogen (secondary N) is 1. The quantitative estimate of drug-likeness (QED) is 0.659. The Labute approximate surface area is 162 Å². The minimum absolute atomic E-state index is 0.00202. The maximum absolute atomic E-state index is 13.8. The van der Waals surface area contributed by atoms with E-state index in [9.17, 15) is 12.8 Å². The summed E-state index contributed by atoms with van der Waals surface area (Å²) in [5, 5.41) is 0. The van der Waals surface area contributed by atoms with Crippen LogP contribution in [0.25, 0.3) is 11.6 Å². The summed E-state index contributed by atoms with van der Waals surface area (Å²) < 4.78 is 45.8. The Morgan fingerprint density at radius 1 is 0.964 bits per heavy atom. The molecule has 2 aliphatic heterocycles. The van der Waals surface area contributed by atoms with E-state index < -0.39 is 10.0 Å². The van der Waals surface area contributed by atoms with Gasteiger partial charge in [0.1, 0.15) is 18.2 Å². The van der Waals surface area contributed by atoms with E-state index in [0.717, 1.165) is 33.4 Å². The molecule has 0 unspecified atom stereocenters. The van der Waals surface area contributed by atoms with Crippen LogP contribution >= 0.6 is 0 Å². The van der Waals surface area contributed by atoms with Crippen molar-refractivity contribution in [2.75, 3.05) is 4.72 Å². The first kappa shape index (κ1) is 17.0. The molecule has 0 atom stereocenters. The summed E-state index contributed by atoms with van der Waals surface area (Å²) in [5.74, 6) is 0.137. The van der Waals surface area contributed by atoms with Crippen LogP contribution in [0.2, 0.25) is 0 Å². The van der Waals surface area contributed by atoms with Crippen LogP contribution in [0.1, 0.15) is 27.8 Å². The lowest BCUT2D eigenvalue weighted by Gasteiger charge is -2.11. The molecule has 2 heterocycles. The third-order valence-corrected chi connectivity index (χ3v) is 6.20. The Balaban J connectivity index is 1.69. The minimum Gasteiger partial charge on any atom is -0.488 e. The molecule has 28 heavy (non-hydrogen) atoms. The molecule has 5 rings (SSSR count). The van der Waals surface area contributed by atoms with Gasteiger partial charge in [-0.15, -0.1) is 0 Å². The van der Waals surface area contributed by atoms with Crippen LogP contribution in [0.5, 0.6) is 5.75 Å². The molecule has 140 valence electrons. The highest BCUT2D eigenvalue weighted by atomic mass is 32.2. The first-order valence-electron chi connectivity index (χ1n) is 8.85. The highest BCUT2D eigenvalue weighted by Gasteiger charge is 2.24. The molecule has 1 N–H and O–H groups in total. The molecule has 0 amide bonds. The molecular formula is C22H16FNO3S. The minimum atomic E-state index is -3.30. The van der Waals surface area contributed by atoms with Gasteiger partial charge in [0.25, 0.3) is 0 Å². The van der Waals surface area contributed by atoms with Gasteiger partial charge in [-0.3, -0.25) is 4.72 Å². The number of halogens is 1. The SMILES string of the molecule is O=S1(=O)Cc2ccc(/C=C3\c4ccccc4COc4cc(F)ccc43)cc2N1. The van der Waals surface area contributed by atoms with Gasteiger partial charge < -0.3 is 4.74 Å². The zero-order valence-corrected chi connectivity index (χ0v) is 15.6. The molecule has 2 aliphatic rings. The van der Waals surface area contributed by atoms with Crippen LogP contribution in [-0.4, -0.2) is 8.42 Å². The first-order valence-corrected chi connectivity index (χ1v) is 10.5. The van der Waals surface area contributed by atoms with E-state index in [-0.39, 0.29) is 11.6 Å². The van der Waals surface area contributed by atoms with E-state index in [2.05, 4.69) is 4.72 Å². The summed E-state index contributed by atoms with van der Waals surface area (Å²) in [6, 6.07) is 18.0. The van der Waals surface area contributed by atoms with Crippen LogP contribution in [0.15, 0.2) is 60.7 Å². The number of ether oxygens (including phenoxy) is 1. The molecule has 0 aromatic heterocycles. The van der Waals surface area contributed by atoms with Crippen molar-refractivity contribution in [1.82, 2.24) is 0 Å².